The molecule has 0 unspecified atom stereocenters. The van der Waals surface area contributed by atoms with Crippen LogP contribution in [-0.4, -0.2) is 87.2 Å². The minimum absolute atomic E-state index is 0.00215. The van der Waals surface area contributed by atoms with Crippen LogP contribution in [0, 0.1) is 0 Å². The number of nitrogens with one attached hydrogen (secondary N) is 4. The highest BCUT2D eigenvalue weighted by Gasteiger charge is 2.29. The van der Waals surface area contributed by atoms with Crippen molar-refractivity contribution in [2.24, 2.45) is 0 Å². The highest BCUT2D eigenvalue weighted by Crippen LogP contribution is 2.27. The number of anilines is 3. The Morgan fingerprint density at radius 3 is 2.35 bits per heavy atom. The van der Waals surface area contributed by atoms with Gasteiger partial charge in [-0.2, -0.15) is 28.1 Å². The van der Waals surface area contributed by atoms with Crippen molar-refractivity contribution in [3.05, 3.63) is 53.6 Å². The maximum atomic E-state index is 13.4. The molecule has 6 bridgehead atoms. The van der Waals surface area contributed by atoms with Gasteiger partial charge in [0.25, 0.3) is 5.91 Å². The van der Waals surface area contributed by atoms with Crippen LogP contribution in [0.4, 0.5) is 30.8 Å². The molecular weight excluding hydrogens is 675 g/mol. The van der Waals surface area contributed by atoms with Gasteiger partial charge in [-0.05, 0) is 55.5 Å². The van der Waals surface area contributed by atoms with Gasteiger partial charge in [0, 0.05) is 24.8 Å². The number of carbonyl (C=O) groups excluding carboxylic acids is 2. The number of hydrogen-bond donors (Lipinski definition) is 4. The molecule has 0 radical (unpaired) electrons. The molecule has 49 heavy (non-hydrogen) atoms. The van der Waals surface area contributed by atoms with E-state index in [0.717, 1.165) is 38.2 Å². The van der Waals surface area contributed by atoms with Gasteiger partial charge in [0.2, 0.25) is 21.9 Å². The fourth-order valence-corrected chi connectivity index (χ4v) is 4.83. The Morgan fingerprint density at radius 1 is 0.980 bits per heavy atom. The van der Waals surface area contributed by atoms with Crippen molar-refractivity contribution < 1.29 is 50.1 Å². The number of hydrogen-bond acceptors (Lipinski definition) is 13. The summed E-state index contributed by atoms with van der Waals surface area (Å²) in [5, 5.41) is 8.28. The third-order valence-electron chi connectivity index (χ3n) is 6.74. The summed E-state index contributed by atoms with van der Waals surface area (Å²) >= 11 is 0. The van der Waals surface area contributed by atoms with Gasteiger partial charge in [-0.1, -0.05) is 12.1 Å². The number of methoxy groups -OCH3 is 1. The predicted octanol–water partition coefficient (Wildman–Crippen LogP) is 3.32. The third-order valence-corrected chi connectivity index (χ3v) is 7.43. The molecule has 2 aliphatic heterocycles. The maximum Gasteiger partial charge on any atom is 0.422 e. The zero-order valence-corrected chi connectivity index (χ0v) is 27.4. The van der Waals surface area contributed by atoms with Gasteiger partial charge in [-0.3, -0.25) is 4.79 Å². The summed E-state index contributed by atoms with van der Waals surface area (Å²) in [7, 11) is -2.60. The van der Waals surface area contributed by atoms with Gasteiger partial charge in [-0.25, -0.2) is 17.9 Å². The van der Waals surface area contributed by atoms with Crippen molar-refractivity contribution >= 4 is 39.5 Å². The first-order valence-corrected chi connectivity index (χ1v) is 17.0. The number of fused-ring (bicyclic) bond motifs is 10. The zero-order valence-electron chi connectivity index (χ0n) is 26.6. The molecule has 5 rings (SSSR count). The highest BCUT2D eigenvalue weighted by atomic mass is 32.2. The molecule has 0 saturated heterocycles. The molecule has 0 saturated carbocycles. The van der Waals surface area contributed by atoms with Crippen LogP contribution in [0.25, 0.3) is 0 Å². The Morgan fingerprint density at radius 2 is 1.67 bits per heavy atom. The van der Waals surface area contributed by atoms with E-state index in [-0.39, 0.29) is 42.0 Å². The fourth-order valence-electron chi connectivity index (χ4n) is 4.36. The number of esters is 1. The monoisotopic (exact) mass is 711 g/mol. The topological polar surface area (TPSA) is 192 Å². The Labute approximate surface area is 280 Å². The largest absolute Gasteiger partial charge is 0.494 e. The second-order valence-corrected chi connectivity index (χ2v) is 12.6. The van der Waals surface area contributed by atoms with Crippen LogP contribution in [0.15, 0.2) is 42.5 Å². The molecule has 3 heterocycles. The van der Waals surface area contributed by atoms with E-state index in [1.165, 1.54) is 18.2 Å². The van der Waals surface area contributed by atoms with Crippen LogP contribution in [0.1, 0.15) is 41.6 Å². The van der Waals surface area contributed by atoms with Crippen LogP contribution in [-0.2, 0) is 26.1 Å². The molecule has 2 aliphatic rings. The molecule has 3 aromatic rings. The molecule has 0 spiro atoms. The molecule has 266 valence electrons. The lowest BCUT2D eigenvalue weighted by Crippen LogP contribution is -2.48. The molecule has 2 aromatic carbocycles. The van der Waals surface area contributed by atoms with E-state index in [1.54, 1.807) is 0 Å². The van der Waals surface area contributed by atoms with Gasteiger partial charge in [0.15, 0.2) is 6.61 Å². The van der Waals surface area contributed by atoms with Gasteiger partial charge >= 0.3 is 18.2 Å². The summed E-state index contributed by atoms with van der Waals surface area (Å²) in [4.78, 5) is 37.8. The first-order chi connectivity index (χ1) is 23.3. The summed E-state index contributed by atoms with van der Waals surface area (Å²) in [5.41, 5.74) is 1.11. The summed E-state index contributed by atoms with van der Waals surface area (Å²) in [6.07, 6.45) is -0.673. The number of rotatable bonds is 8. The lowest BCUT2D eigenvalue weighted by Gasteiger charge is -2.19. The Bertz CT molecular complexity index is 1700. The number of carbonyl (C=O) groups is 2. The van der Waals surface area contributed by atoms with E-state index in [9.17, 15) is 31.2 Å². The predicted molar refractivity (Wildman–Crippen MR) is 170 cm³/mol. The van der Waals surface area contributed by atoms with E-state index in [2.05, 4.69) is 35.6 Å². The fraction of sp³-hybridized carbons (Fsp3) is 0.433. The Balaban J connectivity index is 1.64. The Hall–Kier alpha value is -4.91. The second-order valence-electron chi connectivity index (χ2n) is 10.8. The van der Waals surface area contributed by atoms with Crippen molar-refractivity contribution in [2.45, 2.75) is 44.4 Å². The maximum absolute atomic E-state index is 13.4. The minimum Gasteiger partial charge on any atom is -0.494 e. The van der Waals surface area contributed by atoms with Crippen LogP contribution >= 0.6 is 0 Å². The van der Waals surface area contributed by atoms with Crippen molar-refractivity contribution in [3.63, 3.8) is 0 Å². The first kappa shape index (κ1) is 36.9. The van der Waals surface area contributed by atoms with Crippen molar-refractivity contribution in [1.82, 2.24) is 25.0 Å². The molecular formula is C30H36F3N7O8S. The first-order valence-electron chi connectivity index (χ1n) is 15.1. The number of nitrogens with zero attached hydrogens (tertiary/aromatic N) is 3. The standard InChI is InChI=1S/C30H36F3N7O8S/c1-45-26(42)23(17-35-49(2,43)44)37-25(41)22-12-9-20-15-24(22)47-14-6-4-3-5-13-46-21-10-7-19(8-11-21)16-34-27-38-28(36-20)40-29(39-27)48-18-30(31,32)33/h7-12,15,23,35H,3-6,13-14,16-18H2,1-2H3,(H,37,41)(H2,34,36,38,39,40)/t23-/m0/s1. The van der Waals surface area contributed by atoms with Crippen LogP contribution in [0.2, 0.25) is 0 Å². The lowest BCUT2D eigenvalue weighted by molar-refractivity contribution is -0.154. The number of halogens is 3. The number of aromatic nitrogens is 3. The Kier molecular flexibility index (Phi) is 12.8. The van der Waals surface area contributed by atoms with Crippen molar-refractivity contribution in [2.75, 3.05) is 50.4 Å². The summed E-state index contributed by atoms with van der Waals surface area (Å²) in [5.74, 6) is -1.15. The average Bonchev–Trinajstić information content (AvgIpc) is 3.05. The number of amides is 1. The molecule has 1 atom stereocenters. The van der Waals surface area contributed by atoms with Crippen molar-refractivity contribution in [1.29, 1.82) is 0 Å². The van der Waals surface area contributed by atoms with Gasteiger partial charge in [0.05, 0.1) is 32.1 Å². The zero-order chi connectivity index (χ0) is 35.4. The normalized spacial score (nSPS) is 14.8. The molecule has 19 heteroatoms. The molecule has 0 aliphatic carbocycles. The van der Waals surface area contributed by atoms with Gasteiger partial charge in [0.1, 0.15) is 17.5 Å². The molecule has 0 fully saturated rings. The van der Waals surface area contributed by atoms with Gasteiger partial charge < -0.3 is 34.9 Å². The number of benzene rings is 2. The molecule has 15 nitrogen and oxygen atoms in total. The van der Waals surface area contributed by atoms with E-state index in [0.29, 0.717) is 18.8 Å². The third kappa shape index (κ3) is 12.6. The SMILES string of the molecule is COC(=O)[C@H](CNS(C)(=O)=O)NC(=O)c1ccc2cc1OCCCCCCOc1ccc(cc1)CNc1nc(nc(OCC(F)(F)F)n1)N2. The van der Waals surface area contributed by atoms with Crippen molar-refractivity contribution in [3.8, 4) is 17.5 Å². The number of alkyl halides is 3. The molecule has 1 amide bonds. The van der Waals surface area contributed by atoms with Crippen LogP contribution < -0.4 is 34.9 Å². The summed E-state index contributed by atoms with van der Waals surface area (Å²) < 4.78 is 85.4. The average molecular weight is 712 g/mol. The number of ether oxygens (including phenoxy) is 4. The van der Waals surface area contributed by atoms with Crippen LogP contribution in [0.3, 0.4) is 0 Å². The lowest BCUT2D eigenvalue weighted by atomic mass is 10.1. The quantitative estimate of drug-likeness (QED) is 0.249. The van der Waals surface area contributed by atoms with E-state index in [4.69, 9.17) is 18.9 Å². The summed E-state index contributed by atoms with van der Waals surface area (Å²) in [6, 6.07) is 9.60. The molecule has 4 N–H and O–H groups in total. The van der Waals surface area contributed by atoms with E-state index in [1.807, 2.05) is 24.3 Å². The van der Waals surface area contributed by atoms with E-state index >= 15 is 0 Å². The smallest absolute Gasteiger partial charge is 0.422 e. The molecule has 1 aromatic heterocycles. The van der Waals surface area contributed by atoms with Crippen LogP contribution in [0.5, 0.6) is 17.5 Å². The highest BCUT2D eigenvalue weighted by molar-refractivity contribution is 7.88. The van der Waals surface area contributed by atoms with E-state index < -0.39 is 53.3 Å². The second kappa shape index (κ2) is 17.0. The van der Waals surface area contributed by atoms with Gasteiger partial charge in [-0.15, -0.1) is 0 Å². The summed E-state index contributed by atoms with van der Waals surface area (Å²) in [6.45, 7) is -1.17. The number of sulfonamides is 1. The minimum atomic E-state index is -4.64.